The van der Waals surface area contributed by atoms with Crippen LogP contribution in [0.4, 0.5) is 0 Å². The number of para-hydroxylation sites is 3. The third kappa shape index (κ3) is 4.09. The molecule has 0 fully saturated rings. The van der Waals surface area contributed by atoms with Crippen molar-refractivity contribution in [3.05, 3.63) is 114 Å². The monoisotopic (exact) mass is 407 g/mol. The van der Waals surface area contributed by atoms with Gasteiger partial charge in [0.25, 0.3) is 5.91 Å². The molecule has 0 atom stereocenters. The molecule has 0 radical (unpaired) electrons. The SMILES string of the molecule is O=C(c1nc2ccccc2[nH]1)N(Cc1ccccc1)Cc1cnn(-c2ccccc2)c1. The Bertz CT molecular complexity index is 1270. The van der Waals surface area contributed by atoms with Gasteiger partial charge in [-0.05, 0) is 29.8 Å². The molecule has 5 aromatic rings. The number of carbonyl (C=O) groups is 1. The van der Waals surface area contributed by atoms with E-state index in [9.17, 15) is 4.79 Å². The highest BCUT2D eigenvalue weighted by molar-refractivity contribution is 5.94. The maximum absolute atomic E-state index is 13.4. The molecule has 6 heteroatoms. The largest absolute Gasteiger partial charge is 0.334 e. The number of fused-ring (bicyclic) bond motifs is 1. The molecule has 152 valence electrons. The molecule has 2 aromatic heterocycles. The second-order valence-electron chi connectivity index (χ2n) is 7.38. The normalized spacial score (nSPS) is 11.0. The van der Waals surface area contributed by atoms with E-state index >= 15 is 0 Å². The van der Waals surface area contributed by atoms with Crippen molar-refractivity contribution in [2.45, 2.75) is 13.1 Å². The topological polar surface area (TPSA) is 66.8 Å². The molecule has 3 aromatic carbocycles. The Hall–Kier alpha value is -4.19. The minimum absolute atomic E-state index is 0.146. The molecule has 1 N–H and O–H groups in total. The molecule has 0 aliphatic rings. The predicted molar refractivity (Wildman–Crippen MR) is 120 cm³/mol. The van der Waals surface area contributed by atoms with Crippen molar-refractivity contribution in [2.24, 2.45) is 0 Å². The molecule has 0 saturated carbocycles. The Kier molecular flexibility index (Phi) is 5.02. The van der Waals surface area contributed by atoms with Crippen LogP contribution in [0.25, 0.3) is 16.7 Å². The van der Waals surface area contributed by atoms with Gasteiger partial charge in [0.15, 0.2) is 5.82 Å². The van der Waals surface area contributed by atoms with Crippen LogP contribution >= 0.6 is 0 Å². The maximum Gasteiger partial charge on any atom is 0.290 e. The second kappa shape index (κ2) is 8.28. The summed E-state index contributed by atoms with van der Waals surface area (Å²) in [5.74, 6) is 0.195. The van der Waals surface area contributed by atoms with Crippen molar-refractivity contribution in [3.8, 4) is 5.69 Å². The van der Waals surface area contributed by atoms with E-state index in [1.54, 1.807) is 11.1 Å². The number of rotatable bonds is 6. The van der Waals surface area contributed by atoms with Crippen LogP contribution in [0.1, 0.15) is 21.7 Å². The zero-order valence-electron chi connectivity index (χ0n) is 16.8. The van der Waals surface area contributed by atoms with Crippen LogP contribution in [0.5, 0.6) is 0 Å². The minimum Gasteiger partial charge on any atom is -0.334 e. The summed E-state index contributed by atoms with van der Waals surface area (Å²) >= 11 is 0. The van der Waals surface area contributed by atoms with E-state index in [-0.39, 0.29) is 5.91 Å². The number of aromatic amines is 1. The van der Waals surface area contributed by atoms with Crippen LogP contribution in [0.3, 0.4) is 0 Å². The number of imidazole rings is 1. The number of benzene rings is 3. The van der Waals surface area contributed by atoms with Crippen molar-refractivity contribution >= 4 is 16.9 Å². The van der Waals surface area contributed by atoms with Crippen LogP contribution in [0, 0.1) is 0 Å². The molecule has 2 heterocycles. The van der Waals surface area contributed by atoms with Gasteiger partial charge in [-0.3, -0.25) is 4.79 Å². The lowest BCUT2D eigenvalue weighted by molar-refractivity contribution is 0.0719. The summed E-state index contributed by atoms with van der Waals surface area (Å²) in [5.41, 5.74) is 4.61. The number of amides is 1. The summed E-state index contributed by atoms with van der Waals surface area (Å²) in [6.07, 6.45) is 3.76. The van der Waals surface area contributed by atoms with E-state index in [0.717, 1.165) is 27.8 Å². The Morgan fingerprint density at radius 3 is 2.29 bits per heavy atom. The standard InChI is InChI=1S/C25H21N5O/c31-25(24-27-22-13-7-8-14-23(22)28-24)29(16-19-9-3-1-4-10-19)17-20-15-26-30(18-20)21-11-5-2-6-12-21/h1-15,18H,16-17H2,(H,27,28). The van der Waals surface area contributed by atoms with E-state index in [2.05, 4.69) is 15.1 Å². The molecule has 6 nitrogen and oxygen atoms in total. The number of H-pyrrole nitrogens is 1. The van der Waals surface area contributed by atoms with Crippen molar-refractivity contribution < 1.29 is 4.79 Å². The van der Waals surface area contributed by atoms with E-state index in [1.165, 1.54) is 0 Å². The fourth-order valence-corrected chi connectivity index (χ4v) is 3.59. The summed E-state index contributed by atoms with van der Waals surface area (Å²) in [6, 6.07) is 27.5. The molecule has 0 saturated heterocycles. The van der Waals surface area contributed by atoms with Crippen molar-refractivity contribution in [1.82, 2.24) is 24.6 Å². The third-order valence-electron chi connectivity index (χ3n) is 5.13. The molecular weight excluding hydrogens is 386 g/mol. The molecule has 31 heavy (non-hydrogen) atoms. The molecule has 0 bridgehead atoms. The van der Waals surface area contributed by atoms with Gasteiger partial charge in [-0.2, -0.15) is 5.10 Å². The summed E-state index contributed by atoms with van der Waals surface area (Å²) in [6.45, 7) is 0.908. The zero-order chi connectivity index (χ0) is 21.0. The Labute approximate surface area is 179 Å². The summed E-state index contributed by atoms with van der Waals surface area (Å²) in [4.78, 5) is 22.9. The second-order valence-corrected chi connectivity index (χ2v) is 7.38. The fraction of sp³-hybridized carbons (Fsp3) is 0.0800. The Morgan fingerprint density at radius 1 is 0.839 bits per heavy atom. The fourth-order valence-electron chi connectivity index (χ4n) is 3.59. The van der Waals surface area contributed by atoms with Crippen molar-refractivity contribution in [1.29, 1.82) is 0 Å². The summed E-state index contributed by atoms with van der Waals surface area (Å²) in [7, 11) is 0. The minimum atomic E-state index is -0.146. The number of carbonyl (C=O) groups excluding carboxylic acids is 1. The highest BCUT2D eigenvalue weighted by atomic mass is 16.2. The van der Waals surface area contributed by atoms with Crippen molar-refractivity contribution in [2.75, 3.05) is 0 Å². The first-order valence-electron chi connectivity index (χ1n) is 10.1. The number of nitrogens with one attached hydrogen (secondary N) is 1. The van der Waals surface area contributed by atoms with Gasteiger partial charge < -0.3 is 9.88 Å². The smallest absolute Gasteiger partial charge is 0.290 e. The molecule has 0 unspecified atom stereocenters. The van der Waals surface area contributed by atoms with Gasteiger partial charge in [-0.1, -0.05) is 60.7 Å². The lowest BCUT2D eigenvalue weighted by atomic mass is 10.2. The zero-order valence-corrected chi connectivity index (χ0v) is 16.8. The quantitative estimate of drug-likeness (QED) is 0.448. The molecule has 0 spiro atoms. The first kappa shape index (κ1) is 18.8. The first-order valence-corrected chi connectivity index (χ1v) is 10.1. The van der Waals surface area contributed by atoms with Gasteiger partial charge in [-0.25, -0.2) is 9.67 Å². The lowest BCUT2D eigenvalue weighted by Gasteiger charge is -2.21. The van der Waals surface area contributed by atoms with Gasteiger partial charge in [0.05, 0.1) is 22.9 Å². The van der Waals surface area contributed by atoms with E-state index < -0.39 is 0 Å². The highest BCUT2D eigenvalue weighted by Gasteiger charge is 2.21. The maximum atomic E-state index is 13.4. The molecule has 1 amide bonds. The number of nitrogens with zero attached hydrogens (tertiary/aromatic N) is 4. The van der Waals surface area contributed by atoms with Gasteiger partial charge in [0.2, 0.25) is 0 Å². The average Bonchev–Trinajstić information content (AvgIpc) is 3.47. The van der Waals surface area contributed by atoms with Gasteiger partial charge >= 0.3 is 0 Å². The lowest BCUT2D eigenvalue weighted by Crippen LogP contribution is -2.30. The predicted octanol–water partition coefficient (Wildman–Crippen LogP) is 4.59. The van der Waals surface area contributed by atoms with E-state index in [0.29, 0.717) is 18.9 Å². The number of hydrogen-bond donors (Lipinski definition) is 1. The summed E-state index contributed by atoms with van der Waals surface area (Å²) in [5, 5.41) is 4.47. The first-order chi connectivity index (χ1) is 15.3. The van der Waals surface area contributed by atoms with Crippen molar-refractivity contribution in [3.63, 3.8) is 0 Å². The third-order valence-corrected chi connectivity index (χ3v) is 5.13. The van der Waals surface area contributed by atoms with Gasteiger partial charge in [0.1, 0.15) is 0 Å². The number of hydrogen-bond acceptors (Lipinski definition) is 3. The van der Waals surface area contributed by atoms with Crippen LogP contribution in [-0.4, -0.2) is 30.6 Å². The van der Waals surface area contributed by atoms with Crippen LogP contribution < -0.4 is 0 Å². The van der Waals surface area contributed by atoms with Crippen LogP contribution in [0.2, 0.25) is 0 Å². The molecule has 0 aliphatic heterocycles. The Morgan fingerprint density at radius 2 is 1.52 bits per heavy atom. The van der Waals surface area contributed by atoms with Crippen LogP contribution in [-0.2, 0) is 13.1 Å². The molecule has 5 rings (SSSR count). The average molecular weight is 407 g/mol. The van der Waals surface area contributed by atoms with E-state index in [4.69, 9.17) is 0 Å². The highest BCUT2D eigenvalue weighted by Crippen LogP contribution is 2.17. The van der Waals surface area contributed by atoms with Crippen LogP contribution in [0.15, 0.2) is 97.3 Å². The van der Waals surface area contributed by atoms with Gasteiger partial charge in [0, 0.05) is 24.8 Å². The Balaban J connectivity index is 1.44. The summed E-state index contributed by atoms with van der Waals surface area (Å²) < 4.78 is 1.82. The van der Waals surface area contributed by atoms with Gasteiger partial charge in [-0.15, -0.1) is 0 Å². The number of aromatic nitrogens is 4. The molecule has 0 aliphatic carbocycles. The van der Waals surface area contributed by atoms with E-state index in [1.807, 2.05) is 95.8 Å². The molecular formula is C25H21N5O.